The number of hydrogen-bond acceptors (Lipinski definition) is 0. The molecule has 1 aromatic rings. The van der Waals surface area contributed by atoms with Gasteiger partial charge in [-0.2, -0.15) is 0 Å². The monoisotopic (exact) mass is 282 g/mol. The molecule has 2 aliphatic carbocycles. The maximum atomic E-state index is 2.47. The Hall–Kier alpha value is -1.04. The molecule has 1 aromatic carbocycles. The second-order valence-electron chi connectivity index (χ2n) is 8.16. The van der Waals surface area contributed by atoms with E-state index in [0.29, 0.717) is 17.3 Å². The van der Waals surface area contributed by atoms with Crippen molar-refractivity contribution in [3.63, 3.8) is 0 Å². The Morgan fingerprint density at radius 2 is 1.43 bits per heavy atom. The lowest BCUT2D eigenvalue weighted by atomic mass is 9.57. The zero-order chi connectivity index (χ0) is 15.5. The van der Waals surface area contributed by atoms with Crippen molar-refractivity contribution in [2.24, 2.45) is 11.3 Å². The minimum atomic E-state index is 0.364. The summed E-state index contributed by atoms with van der Waals surface area (Å²) >= 11 is 0. The smallest absolute Gasteiger partial charge is 0.00338 e. The molecule has 0 aromatic heterocycles. The van der Waals surface area contributed by atoms with Crippen LogP contribution >= 0.6 is 0 Å². The van der Waals surface area contributed by atoms with Gasteiger partial charge in [0.15, 0.2) is 0 Å². The van der Waals surface area contributed by atoms with E-state index in [-0.39, 0.29) is 0 Å². The Morgan fingerprint density at radius 3 is 2.00 bits per heavy atom. The molecule has 114 valence electrons. The lowest BCUT2D eigenvalue weighted by molar-refractivity contribution is 0.299. The Balaban J connectivity index is 2.30. The van der Waals surface area contributed by atoms with Gasteiger partial charge in [-0.05, 0) is 60.3 Å². The van der Waals surface area contributed by atoms with Crippen molar-refractivity contribution in [2.75, 3.05) is 0 Å². The van der Waals surface area contributed by atoms with Crippen LogP contribution in [0.25, 0.3) is 0 Å². The molecular weight excluding hydrogens is 252 g/mol. The van der Waals surface area contributed by atoms with E-state index < -0.39 is 0 Å². The lowest BCUT2D eigenvalue weighted by Gasteiger charge is -2.47. The van der Waals surface area contributed by atoms with Gasteiger partial charge in [0.05, 0.1) is 0 Å². The second kappa shape index (κ2) is 4.73. The van der Waals surface area contributed by atoms with E-state index >= 15 is 0 Å². The maximum Gasteiger partial charge on any atom is 0.00338 e. The van der Waals surface area contributed by atoms with Crippen LogP contribution in [0.3, 0.4) is 0 Å². The fraction of sp³-hybridized carbons (Fsp3) is 0.619. The van der Waals surface area contributed by atoms with Gasteiger partial charge < -0.3 is 0 Å². The zero-order valence-electron chi connectivity index (χ0n) is 14.8. The van der Waals surface area contributed by atoms with E-state index in [9.17, 15) is 0 Å². The molecule has 0 aliphatic heterocycles. The van der Waals surface area contributed by atoms with E-state index in [0.717, 1.165) is 5.92 Å². The lowest BCUT2D eigenvalue weighted by Crippen LogP contribution is -2.33. The molecule has 0 nitrogen and oxygen atoms in total. The molecule has 0 heterocycles. The highest BCUT2D eigenvalue weighted by Gasteiger charge is 2.42. The molecule has 0 saturated carbocycles. The largest absolute Gasteiger partial charge is 0.0598 e. The molecular formula is C21H30. The minimum absolute atomic E-state index is 0.364. The predicted octanol–water partition coefficient (Wildman–Crippen LogP) is 6.28. The molecule has 0 saturated heterocycles. The molecule has 0 spiro atoms. The number of aryl methyl sites for hydroxylation is 2. The van der Waals surface area contributed by atoms with Gasteiger partial charge in [0.25, 0.3) is 0 Å². The summed E-state index contributed by atoms with van der Waals surface area (Å²) in [6.45, 7) is 16.9. The van der Waals surface area contributed by atoms with E-state index in [2.05, 4.69) is 60.6 Å². The third-order valence-electron chi connectivity index (χ3n) is 6.26. The molecule has 0 bridgehead atoms. The highest BCUT2D eigenvalue weighted by Crippen LogP contribution is 2.57. The first-order valence-corrected chi connectivity index (χ1v) is 8.60. The summed E-state index contributed by atoms with van der Waals surface area (Å²) in [5.74, 6) is 1.93. The summed E-state index contributed by atoms with van der Waals surface area (Å²) in [5, 5.41) is 0. The van der Waals surface area contributed by atoms with Crippen molar-refractivity contribution in [1.29, 1.82) is 0 Å². The van der Waals surface area contributed by atoms with Crippen molar-refractivity contribution in [2.45, 2.75) is 73.1 Å². The summed E-state index contributed by atoms with van der Waals surface area (Å²) in [6, 6.07) is 4.64. The average Bonchev–Trinajstić information content (AvgIpc) is 2.41. The van der Waals surface area contributed by atoms with Gasteiger partial charge in [-0.3, -0.25) is 0 Å². The SMILES string of the molecule is Cc1ccc(C)c2c1C(C)C1=C(C2C)C(C)(C)CCC1C. The number of rotatable bonds is 0. The van der Waals surface area contributed by atoms with Crippen molar-refractivity contribution in [3.8, 4) is 0 Å². The molecule has 3 atom stereocenters. The summed E-state index contributed by atoms with van der Waals surface area (Å²) in [6.07, 6.45) is 2.69. The number of allylic oxidation sites excluding steroid dienone is 2. The molecule has 3 unspecified atom stereocenters. The van der Waals surface area contributed by atoms with Gasteiger partial charge in [0.2, 0.25) is 0 Å². The maximum absolute atomic E-state index is 2.47. The van der Waals surface area contributed by atoms with Crippen molar-refractivity contribution in [1.82, 2.24) is 0 Å². The molecule has 0 N–H and O–H groups in total. The summed E-state index contributed by atoms with van der Waals surface area (Å²) in [7, 11) is 0. The van der Waals surface area contributed by atoms with Gasteiger partial charge in [0.1, 0.15) is 0 Å². The quantitative estimate of drug-likeness (QED) is 0.491. The Morgan fingerprint density at radius 1 is 0.905 bits per heavy atom. The summed E-state index contributed by atoms with van der Waals surface area (Å²) in [4.78, 5) is 0. The van der Waals surface area contributed by atoms with E-state index in [1.54, 1.807) is 22.3 Å². The minimum Gasteiger partial charge on any atom is -0.0598 e. The van der Waals surface area contributed by atoms with Crippen LogP contribution in [0.1, 0.15) is 81.5 Å². The van der Waals surface area contributed by atoms with Crippen molar-refractivity contribution in [3.05, 3.63) is 45.5 Å². The van der Waals surface area contributed by atoms with Gasteiger partial charge >= 0.3 is 0 Å². The van der Waals surface area contributed by atoms with Gasteiger partial charge in [0, 0.05) is 11.8 Å². The molecule has 0 amide bonds. The first kappa shape index (κ1) is 14.9. The number of fused-ring (bicyclic) bond motifs is 1. The topological polar surface area (TPSA) is 0 Å². The van der Waals surface area contributed by atoms with Crippen molar-refractivity contribution < 1.29 is 0 Å². The second-order valence-corrected chi connectivity index (χ2v) is 8.16. The molecule has 0 fully saturated rings. The Kier molecular flexibility index (Phi) is 3.35. The normalized spacial score (nSPS) is 30.9. The van der Waals surface area contributed by atoms with E-state index in [4.69, 9.17) is 0 Å². The van der Waals surface area contributed by atoms with Crippen LogP contribution in [0.2, 0.25) is 0 Å². The van der Waals surface area contributed by atoms with Gasteiger partial charge in [-0.1, -0.05) is 57.9 Å². The molecule has 2 aliphatic rings. The average molecular weight is 282 g/mol. The Labute approximate surface area is 130 Å². The van der Waals surface area contributed by atoms with Crippen LogP contribution in [0.4, 0.5) is 0 Å². The van der Waals surface area contributed by atoms with Crippen LogP contribution in [-0.2, 0) is 0 Å². The summed E-state index contributed by atoms with van der Waals surface area (Å²) in [5.41, 5.74) is 10.1. The first-order chi connectivity index (χ1) is 9.75. The third kappa shape index (κ3) is 2.02. The van der Waals surface area contributed by atoms with E-state index in [1.807, 2.05) is 0 Å². The standard InChI is InChI=1S/C21H30/c1-12-8-9-13(2)18-16(5)20-19(15(4)17(12)18)14(3)10-11-21(20,6)7/h8-9,14-16H,10-11H2,1-7H3. The highest BCUT2D eigenvalue weighted by molar-refractivity contribution is 5.56. The highest BCUT2D eigenvalue weighted by atomic mass is 14.5. The summed E-state index contributed by atoms with van der Waals surface area (Å²) < 4.78 is 0. The number of benzene rings is 1. The zero-order valence-corrected chi connectivity index (χ0v) is 14.8. The fourth-order valence-electron chi connectivity index (χ4n) is 5.32. The van der Waals surface area contributed by atoms with Crippen molar-refractivity contribution >= 4 is 0 Å². The molecule has 0 heteroatoms. The predicted molar refractivity (Wildman–Crippen MR) is 92.0 cm³/mol. The van der Waals surface area contributed by atoms with Crippen LogP contribution < -0.4 is 0 Å². The molecule has 0 radical (unpaired) electrons. The number of hydrogen-bond donors (Lipinski definition) is 0. The molecule has 21 heavy (non-hydrogen) atoms. The third-order valence-corrected chi connectivity index (χ3v) is 6.26. The van der Waals surface area contributed by atoms with Crippen LogP contribution in [0.5, 0.6) is 0 Å². The van der Waals surface area contributed by atoms with Crippen LogP contribution in [0.15, 0.2) is 23.3 Å². The first-order valence-electron chi connectivity index (χ1n) is 8.60. The van der Waals surface area contributed by atoms with E-state index in [1.165, 1.54) is 24.0 Å². The van der Waals surface area contributed by atoms with Crippen LogP contribution in [0, 0.1) is 25.2 Å². The Bertz CT molecular complexity index is 615. The molecule has 3 rings (SSSR count). The van der Waals surface area contributed by atoms with Gasteiger partial charge in [-0.15, -0.1) is 0 Å². The van der Waals surface area contributed by atoms with Crippen LogP contribution in [-0.4, -0.2) is 0 Å². The fourth-order valence-corrected chi connectivity index (χ4v) is 5.32. The van der Waals surface area contributed by atoms with Gasteiger partial charge in [-0.25, -0.2) is 0 Å².